The van der Waals surface area contributed by atoms with Crippen LogP contribution in [0.25, 0.3) is 0 Å². The van der Waals surface area contributed by atoms with Crippen molar-refractivity contribution in [3.05, 3.63) is 16.3 Å². The molecule has 0 aliphatic heterocycles. The van der Waals surface area contributed by atoms with Gasteiger partial charge in [0.2, 0.25) is 0 Å². The minimum absolute atomic E-state index is 0.0460. The van der Waals surface area contributed by atoms with Gasteiger partial charge in [0, 0.05) is 6.04 Å². The molecule has 7 nitrogen and oxygen atoms in total. The Hall–Kier alpha value is -1.70. The average Bonchev–Trinajstić information content (AvgIpc) is 2.81. The van der Waals surface area contributed by atoms with Gasteiger partial charge in [-0.2, -0.15) is 0 Å². The molecule has 1 aromatic rings. The van der Waals surface area contributed by atoms with Crippen molar-refractivity contribution < 1.29 is 14.8 Å². The quantitative estimate of drug-likeness (QED) is 0.650. The van der Waals surface area contributed by atoms with E-state index in [2.05, 4.69) is 10.3 Å². The van der Waals surface area contributed by atoms with Crippen molar-refractivity contribution in [3.63, 3.8) is 0 Å². The summed E-state index contributed by atoms with van der Waals surface area (Å²) in [5.41, 5.74) is -0.849. The summed E-state index contributed by atoms with van der Waals surface area (Å²) < 4.78 is 0. The third-order valence-electron chi connectivity index (χ3n) is 3.67. The van der Waals surface area contributed by atoms with Gasteiger partial charge in [-0.15, -0.1) is 0 Å². The van der Waals surface area contributed by atoms with Crippen molar-refractivity contribution in [2.24, 2.45) is 5.41 Å². The minimum atomic E-state index is -0.849. The highest BCUT2D eigenvalue weighted by atomic mass is 32.1. The Kier molecular flexibility index (Phi) is 3.70. The van der Waals surface area contributed by atoms with Crippen LogP contribution in [-0.4, -0.2) is 27.0 Å². The number of rotatable bonds is 4. The lowest BCUT2D eigenvalue weighted by Crippen LogP contribution is -2.46. The molecule has 0 saturated heterocycles. The molecule has 1 fully saturated rings. The molecule has 1 heterocycles. The van der Waals surface area contributed by atoms with Crippen molar-refractivity contribution in [1.82, 2.24) is 4.98 Å². The zero-order chi connectivity index (χ0) is 14.0. The van der Waals surface area contributed by atoms with E-state index in [1.54, 1.807) is 6.92 Å². The Morgan fingerprint density at radius 2 is 2.42 bits per heavy atom. The Morgan fingerprint density at radius 3 is 3.00 bits per heavy atom. The lowest BCUT2D eigenvalue weighted by Gasteiger charge is -2.38. The van der Waals surface area contributed by atoms with Gasteiger partial charge in [0.05, 0.1) is 10.3 Å². The molecule has 0 amide bonds. The van der Waals surface area contributed by atoms with E-state index in [1.807, 2.05) is 0 Å². The standard InChI is InChI=1S/C11H15N3O4S/c1-11(9(15)16)5-3-2-4-7(11)13-10-12-6-8(19-10)14(17)18/h6-7H,2-5H2,1H3,(H,12,13)(H,15,16). The van der Waals surface area contributed by atoms with Gasteiger partial charge in [-0.05, 0) is 31.1 Å². The first-order chi connectivity index (χ1) is 8.93. The number of hydrogen-bond donors (Lipinski definition) is 2. The van der Waals surface area contributed by atoms with Crippen LogP contribution in [0.1, 0.15) is 32.6 Å². The van der Waals surface area contributed by atoms with Crippen LogP contribution < -0.4 is 5.32 Å². The van der Waals surface area contributed by atoms with E-state index >= 15 is 0 Å². The number of carbonyl (C=O) groups is 1. The zero-order valence-corrected chi connectivity index (χ0v) is 11.3. The first kappa shape index (κ1) is 13.7. The summed E-state index contributed by atoms with van der Waals surface area (Å²) in [5.74, 6) is -0.837. The molecule has 104 valence electrons. The third kappa shape index (κ3) is 2.67. The summed E-state index contributed by atoms with van der Waals surface area (Å²) in [5, 5.41) is 23.4. The molecule has 1 aliphatic rings. The van der Waals surface area contributed by atoms with Gasteiger partial charge >= 0.3 is 11.0 Å². The Labute approximate surface area is 113 Å². The Bertz CT molecular complexity index is 504. The lowest BCUT2D eigenvalue weighted by atomic mass is 9.72. The van der Waals surface area contributed by atoms with Crippen molar-refractivity contribution >= 4 is 27.4 Å². The molecule has 0 radical (unpaired) electrons. The predicted octanol–water partition coefficient (Wildman–Crippen LogP) is 2.50. The van der Waals surface area contributed by atoms with Gasteiger partial charge in [0.25, 0.3) is 0 Å². The summed E-state index contributed by atoms with van der Waals surface area (Å²) in [6.45, 7) is 1.72. The fourth-order valence-corrected chi connectivity index (χ4v) is 3.07. The fraction of sp³-hybridized carbons (Fsp3) is 0.636. The van der Waals surface area contributed by atoms with Crippen LogP contribution in [0.2, 0.25) is 0 Å². The molecule has 1 aromatic heterocycles. The van der Waals surface area contributed by atoms with Crippen LogP contribution in [0, 0.1) is 15.5 Å². The van der Waals surface area contributed by atoms with Crippen LogP contribution in [0.4, 0.5) is 10.1 Å². The van der Waals surface area contributed by atoms with Crippen molar-refractivity contribution in [3.8, 4) is 0 Å². The molecule has 2 N–H and O–H groups in total. The summed E-state index contributed by atoms with van der Waals surface area (Å²) in [6, 6.07) is -0.246. The van der Waals surface area contributed by atoms with Gasteiger partial charge in [-0.25, -0.2) is 4.98 Å². The first-order valence-electron chi connectivity index (χ1n) is 6.03. The number of thiazole rings is 1. The molecular weight excluding hydrogens is 270 g/mol. The number of nitrogens with zero attached hydrogens (tertiary/aromatic N) is 2. The molecule has 1 saturated carbocycles. The number of aromatic nitrogens is 1. The maximum atomic E-state index is 11.4. The van der Waals surface area contributed by atoms with Crippen molar-refractivity contribution in [2.75, 3.05) is 5.32 Å². The molecule has 8 heteroatoms. The first-order valence-corrected chi connectivity index (χ1v) is 6.85. The summed E-state index contributed by atoms with van der Waals surface area (Å²) in [4.78, 5) is 25.5. The van der Waals surface area contributed by atoms with E-state index in [0.29, 0.717) is 11.6 Å². The lowest BCUT2D eigenvalue weighted by molar-refractivity contribution is -0.380. The van der Waals surface area contributed by atoms with Crippen LogP contribution in [0.5, 0.6) is 0 Å². The number of aliphatic carboxylic acids is 1. The number of carboxylic acid groups (broad SMARTS) is 1. The summed E-state index contributed by atoms with van der Waals surface area (Å²) >= 11 is 0.933. The highest BCUT2D eigenvalue weighted by molar-refractivity contribution is 7.18. The Balaban J connectivity index is 2.15. The van der Waals surface area contributed by atoms with Gasteiger partial charge in [-0.1, -0.05) is 12.8 Å². The molecule has 0 aromatic carbocycles. The number of carboxylic acids is 1. The van der Waals surface area contributed by atoms with Crippen LogP contribution in [0.3, 0.4) is 0 Å². The summed E-state index contributed by atoms with van der Waals surface area (Å²) in [7, 11) is 0. The average molecular weight is 285 g/mol. The maximum absolute atomic E-state index is 11.4. The molecule has 2 atom stereocenters. The maximum Gasteiger partial charge on any atom is 0.345 e. The van der Waals surface area contributed by atoms with E-state index in [9.17, 15) is 20.0 Å². The summed E-state index contributed by atoms with van der Waals surface area (Å²) in [6.07, 6.45) is 4.37. The second-order valence-electron chi connectivity index (χ2n) is 4.93. The van der Waals surface area contributed by atoms with E-state index in [4.69, 9.17) is 0 Å². The van der Waals surface area contributed by atoms with E-state index in [1.165, 1.54) is 6.20 Å². The zero-order valence-electron chi connectivity index (χ0n) is 10.5. The predicted molar refractivity (Wildman–Crippen MR) is 70.4 cm³/mol. The molecule has 1 aliphatic carbocycles. The number of nitrogens with one attached hydrogen (secondary N) is 1. The molecular formula is C11H15N3O4S. The molecule has 0 spiro atoms. The van der Waals surface area contributed by atoms with E-state index in [-0.39, 0.29) is 11.0 Å². The second-order valence-corrected chi connectivity index (χ2v) is 5.94. The highest BCUT2D eigenvalue weighted by Gasteiger charge is 2.43. The Morgan fingerprint density at radius 1 is 1.68 bits per heavy atom. The van der Waals surface area contributed by atoms with Crippen molar-refractivity contribution in [1.29, 1.82) is 0 Å². The van der Waals surface area contributed by atoms with E-state index in [0.717, 1.165) is 30.6 Å². The second kappa shape index (κ2) is 5.12. The fourth-order valence-electron chi connectivity index (χ4n) is 2.39. The topological polar surface area (TPSA) is 105 Å². The van der Waals surface area contributed by atoms with Gasteiger partial charge in [0.1, 0.15) is 6.20 Å². The molecule has 19 heavy (non-hydrogen) atoms. The number of hydrogen-bond acceptors (Lipinski definition) is 6. The highest BCUT2D eigenvalue weighted by Crippen LogP contribution is 2.39. The molecule has 2 unspecified atom stereocenters. The van der Waals surface area contributed by atoms with Crippen LogP contribution >= 0.6 is 11.3 Å². The largest absolute Gasteiger partial charge is 0.481 e. The van der Waals surface area contributed by atoms with Gasteiger partial charge in [-0.3, -0.25) is 14.9 Å². The SMILES string of the molecule is CC1(C(=O)O)CCCCC1Nc1ncc([N+](=O)[O-])s1. The smallest absolute Gasteiger partial charge is 0.345 e. The third-order valence-corrected chi connectivity index (χ3v) is 4.55. The number of anilines is 1. The number of nitro groups is 1. The van der Waals surface area contributed by atoms with Crippen LogP contribution in [-0.2, 0) is 4.79 Å². The van der Waals surface area contributed by atoms with Gasteiger partial charge < -0.3 is 10.4 Å². The minimum Gasteiger partial charge on any atom is -0.481 e. The normalized spacial score (nSPS) is 26.9. The monoisotopic (exact) mass is 285 g/mol. The van der Waals surface area contributed by atoms with Crippen molar-refractivity contribution in [2.45, 2.75) is 38.6 Å². The van der Waals surface area contributed by atoms with Crippen LogP contribution in [0.15, 0.2) is 6.20 Å². The molecule has 2 rings (SSSR count). The molecule has 0 bridgehead atoms. The van der Waals surface area contributed by atoms with E-state index < -0.39 is 16.3 Å². The van der Waals surface area contributed by atoms with Gasteiger partial charge in [0.15, 0.2) is 5.13 Å².